The molecule has 8 heteroatoms. The van der Waals surface area contributed by atoms with Gasteiger partial charge in [-0.25, -0.2) is 4.79 Å². The molecule has 0 saturated heterocycles. The molecule has 0 aliphatic heterocycles. The van der Waals surface area contributed by atoms with E-state index in [0.717, 1.165) is 0 Å². The molecule has 2 N–H and O–H groups in total. The van der Waals surface area contributed by atoms with E-state index in [1.54, 1.807) is 48.5 Å². The van der Waals surface area contributed by atoms with Gasteiger partial charge in [0.2, 0.25) is 0 Å². The van der Waals surface area contributed by atoms with Gasteiger partial charge >= 0.3 is 5.97 Å². The molecule has 0 bridgehead atoms. The number of esters is 1. The lowest BCUT2D eigenvalue weighted by atomic mass is 10.2. The third-order valence-electron chi connectivity index (χ3n) is 3.70. The van der Waals surface area contributed by atoms with E-state index in [-0.39, 0.29) is 5.69 Å². The van der Waals surface area contributed by atoms with Gasteiger partial charge in [-0.05, 0) is 48.5 Å². The lowest BCUT2D eigenvalue weighted by Gasteiger charge is -2.07. The Labute approximate surface area is 160 Å². The molecule has 0 saturated carbocycles. The summed E-state index contributed by atoms with van der Waals surface area (Å²) in [5.74, 6) is -0.529. The minimum absolute atomic E-state index is 0.111. The molecule has 0 aliphatic rings. The van der Waals surface area contributed by atoms with Crippen LogP contribution in [0.2, 0.25) is 0 Å². The second-order valence-corrected chi connectivity index (χ2v) is 5.65. The average molecular weight is 373 g/mol. The van der Waals surface area contributed by atoms with Gasteiger partial charge in [0, 0.05) is 11.4 Å². The van der Waals surface area contributed by atoms with E-state index in [4.69, 9.17) is 5.26 Å². The normalized spacial score (nSPS) is 9.86. The lowest BCUT2D eigenvalue weighted by molar-refractivity contribution is 0.0600. The number of amides is 1. The summed E-state index contributed by atoms with van der Waals surface area (Å²) in [5.41, 5.74) is 2.07. The maximum Gasteiger partial charge on any atom is 0.337 e. The molecule has 3 aromatic rings. The molecule has 0 unspecified atom stereocenters. The monoisotopic (exact) mass is 373 g/mol. The molecule has 1 amide bonds. The van der Waals surface area contributed by atoms with E-state index in [2.05, 4.69) is 31.6 Å². The van der Waals surface area contributed by atoms with Crippen LogP contribution >= 0.6 is 0 Å². The van der Waals surface area contributed by atoms with E-state index in [1.165, 1.54) is 19.2 Å². The zero-order valence-electron chi connectivity index (χ0n) is 14.8. The highest BCUT2D eigenvalue weighted by Gasteiger charge is 2.11. The highest BCUT2D eigenvalue weighted by molar-refractivity contribution is 6.03. The number of hydrogen-bond donors (Lipinski definition) is 2. The Morgan fingerprint density at radius 2 is 1.79 bits per heavy atom. The van der Waals surface area contributed by atoms with Crippen LogP contribution in [-0.4, -0.2) is 29.2 Å². The summed E-state index contributed by atoms with van der Waals surface area (Å²) < 4.78 is 4.66. The van der Waals surface area contributed by atoms with Gasteiger partial charge in [0.15, 0.2) is 11.5 Å². The quantitative estimate of drug-likeness (QED) is 0.660. The van der Waals surface area contributed by atoms with Crippen molar-refractivity contribution < 1.29 is 14.3 Å². The number of carbonyl (C=O) groups is 2. The van der Waals surface area contributed by atoms with Crippen LogP contribution in [0.15, 0.2) is 60.7 Å². The van der Waals surface area contributed by atoms with E-state index in [9.17, 15) is 9.59 Å². The molecule has 138 valence electrons. The van der Waals surface area contributed by atoms with Crippen molar-refractivity contribution >= 4 is 29.1 Å². The number of nitrogens with zero attached hydrogens (tertiary/aromatic N) is 3. The fourth-order valence-electron chi connectivity index (χ4n) is 2.37. The molecule has 0 aliphatic carbocycles. The number of methoxy groups -OCH3 is 1. The summed E-state index contributed by atoms with van der Waals surface area (Å²) in [6.07, 6.45) is 0. The number of benzene rings is 2. The molecular formula is C20H15N5O3. The first kappa shape index (κ1) is 18.5. The van der Waals surface area contributed by atoms with Crippen molar-refractivity contribution in [1.82, 2.24) is 10.2 Å². The number of aromatic nitrogens is 2. The molecule has 0 fully saturated rings. The first-order chi connectivity index (χ1) is 13.6. The van der Waals surface area contributed by atoms with Crippen LogP contribution in [0.3, 0.4) is 0 Å². The fourth-order valence-corrected chi connectivity index (χ4v) is 2.37. The van der Waals surface area contributed by atoms with E-state index < -0.39 is 11.9 Å². The number of hydrogen-bond acceptors (Lipinski definition) is 7. The molecule has 3 rings (SSSR count). The van der Waals surface area contributed by atoms with Gasteiger partial charge in [-0.3, -0.25) is 4.79 Å². The zero-order valence-corrected chi connectivity index (χ0v) is 14.8. The largest absolute Gasteiger partial charge is 0.465 e. The first-order valence-electron chi connectivity index (χ1n) is 8.19. The maximum absolute atomic E-state index is 12.3. The summed E-state index contributed by atoms with van der Waals surface area (Å²) in [6.45, 7) is 0. The van der Waals surface area contributed by atoms with Gasteiger partial charge in [-0.15, -0.1) is 10.2 Å². The van der Waals surface area contributed by atoms with E-state index in [1.807, 2.05) is 0 Å². The predicted molar refractivity (Wildman–Crippen MR) is 102 cm³/mol. The summed E-state index contributed by atoms with van der Waals surface area (Å²) in [5, 5.41) is 22.5. The van der Waals surface area contributed by atoms with Crippen LogP contribution in [-0.2, 0) is 4.74 Å². The third-order valence-corrected chi connectivity index (χ3v) is 3.70. The van der Waals surface area contributed by atoms with Crippen LogP contribution in [0.5, 0.6) is 0 Å². The van der Waals surface area contributed by atoms with Crippen LogP contribution in [0.25, 0.3) is 0 Å². The summed E-state index contributed by atoms with van der Waals surface area (Å²) in [4.78, 5) is 23.9. The Bertz CT molecular complexity index is 1060. The summed E-state index contributed by atoms with van der Waals surface area (Å²) in [7, 11) is 1.29. The second-order valence-electron chi connectivity index (χ2n) is 5.65. The Balaban J connectivity index is 1.68. The van der Waals surface area contributed by atoms with Gasteiger partial charge in [0.25, 0.3) is 5.91 Å². The summed E-state index contributed by atoms with van der Waals surface area (Å²) in [6, 6.07) is 18.5. The number of nitriles is 1. The summed E-state index contributed by atoms with van der Waals surface area (Å²) >= 11 is 0. The molecular weight excluding hydrogens is 358 g/mol. The highest BCUT2D eigenvalue weighted by Crippen LogP contribution is 2.16. The predicted octanol–water partition coefficient (Wildman–Crippen LogP) is 3.13. The highest BCUT2D eigenvalue weighted by atomic mass is 16.5. The number of nitrogens with one attached hydrogen (secondary N) is 2. The lowest BCUT2D eigenvalue weighted by Crippen LogP contribution is -2.15. The van der Waals surface area contributed by atoms with Crippen molar-refractivity contribution in [2.75, 3.05) is 17.7 Å². The van der Waals surface area contributed by atoms with E-state index in [0.29, 0.717) is 28.3 Å². The zero-order chi connectivity index (χ0) is 19.9. The number of ether oxygens (including phenoxy) is 1. The first-order valence-corrected chi connectivity index (χ1v) is 8.19. The van der Waals surface area contributed by atoms with Gasteiger partial charge in [0.05, 0.1) is 24.3 Å². The molecule has 0 radical (unpaired) electrons. The minimum atomic E-state index is -0.494. The Hall–Kier alpha value is -4.25. The Morgan fingerprint density at radius 3 is 2.50 bits per heavy atom. The SMILES string of the molecule is COC(=O)c1cccc(NC(=O)c2ccc(Nc3cccc(C#N)c3)nn2)c1. The van der Waals surface area contributed by atoms with Crippen molar-refractivity contribution in [3.05, 3.63) is 77.5 Å². The molecule has 0 spiro atoms. The molecule has 0 atom stereocenters. The third kappa shape index (κ3) is 4.47. The number of carbonyl (C=O) groups excluding carboxylic acids is 2. The van der Waals surface area contributed by atoms with Crippen molar-refractivity contribution in [2.24, 2.45) is 0 Å². The van der Waals surface area contributed by atoms with Crippen LogP contribution < -0.4 is 10.6 Å². The maximum atomic E-state index is 12.3. The minimum Gasteiger partial charge on any atom is -0.465 e. The fraction of sp³-hybridized carbons (Fsp3) is 0.0500. The second kappa shape index (κ2) is 8.42. The number of anilines is 3. The molecule has 28 heavy (non-hydrogen) atoms. The number of rotatable bonds is 5. The van der Waals surface area contributed by atoms with Gasteiger partial charge in [-0.2, -0.15) is 5.26 Å². The van der Waals surface area contributed by atoms with Crippen LogP contribution in [0.4, 0.5) is 17.2 Å². The molecule has 8 nitrogen and oxygen atoms in total. The Kier molecular flexibility index (Phi) is 5.58. The standard InChI is InChI=1S/C20H15N5O3/c1-28-20(27)14-5-3-7-16(11-14)23-19(26)17-8-9-18(25-24-17)22-15-6-2-4-13(10-15)12-21/h2-11H,1H3,(H,22,25)(H,23,26). The average Bonchev–Trinajstić information content (AvgIpc) is 2.74. The van der Waals surface area contributed by atoms with Gasteiger partial charge < -0.3 is 15.4 Å². The van der Waals surface area contributed by atoms with Crippen LogP contribution in [0, 0.1) is 11.3 Å². The molecule has 2 aromatic carbocycles. The Morgan fingerprint density at radius 1 is 1.00 bits per heavy atom. The molecule has 1 heterocycles. The van der Waals surface area contributed by atoms with Crippen molar-refractivity contribution in [3.8, 4) is 6.07 Å². The van der Waals surface area contributed by atoms with Gasteiger partial charge in [0.1, 0.15) is 0 Å². The van der Waals surface area contributed by atoms with Crippen molar-refractivity contribution in [3.63, 3.8) is 0 Å². The van der Waals surface area contributed by atoms with E-state index >= 15 is 0 Å². The topological polar surface area (TPSA) is 117 Å². The van der Waals surface area contributed by atoms with Crippen molar-refractivity contribution in [1.29, 1.82) is 5.26 Å². The van der Waals surface area contributed by atoms with Crippen LogP contribution in [0.1, 0.15) is 26.4 Å². The smallest absolute Gasteiger partial charge is 0.337 e. The van der Waals surface area contributed by atoms with Crippen molar-refractivity contribution in [2.45, 2.75) is 0 Å². The van der Waals surface area contributed by atoms with Gasteiger partial charge in [-0.1, -0.05) is 12.1 Å². The molecule has 1 aromatic heterocycles.